The van der Waals surface area contributed by atoms with Gasteiger partial charge in [0, 0.05) is 66.3 Å². The van der Waals surface area contributed by atoms with Crippen LogP contribution in [-0.2, 0) is 23.5 Å². The Kier molecular flexibility index (Phi) is 10.8. The lowest BCUT2D eigenvalue weighted by molar-refractivity contribution is -0.000739. The quantitative estimate of drug-likeness (QED) is 0.158. The maximum absolute atomic E-state index is 11.3. The van der Waals surface area contributed by atoms with Gasteiger partial charge in [-0.1, -0.05) is 66.2 Å². The molecule has 3 atom stereocenters. The molecule has 1 aliphatic carbocycles. The molecule has 2 fully saturated rings. The number of phenolic OH excluding ortho intramolecular Hbond substituents is 2. The third-order valence-corrected chi connectivity index (χ3v) is 13.1. The van der Waals surface area contributed by atoms with Crippen LogP contribution in [0, 0.1) is 5.92 Å². The number of hydrogen-bond donors (Lipinski definition) is 3. The van der Waals surface area contributed by atoms with Gasteiger partial charge in [-0.15, -0.1) is 0 Å². The van der Waals surface area contributed by atoms with Crippen LogP contribution in [0.1, 0.15) is 108 Å². The highest BCUT2D eigenvalue weighted by Gasteiger charge is 2.55. The van der Waals surface area contributed by atoms with Gasteiger partial charge in [-0.2, -0.15) is 0 Å². The molecule has 0 aromatic heterocycles. The molecular weight excluding hydrogens is 603 g/mol. The Morgan fingerprint density at radius 1 is 1.00 bits per heavy atom. The number of nitrogens with zero attached hydrogens (tertiary/aromatic N) is 2. The van der Waals surface area contributed by atoms with Gasteiger partial charge >= 0.3 is 8.80 Å². The first kappa shape index (κ1) is 34.7. The lowest BCUT2D eigenvalue weighted by Crippen LogP contribution is -2.66. The fourth-order valence-electron chi connectivity index (χ4n) is 6.31. The summed E-state index contributed by atoms with van der Waals surface area (Å²) in [6, 6.07) is 10.6. The Labute approximate surface area is 271 Å². The maximum Gasteiger partial charge on any atom is 0.479 e. The van der Waals surface area contributed by atoms with Gasteiger partial charge < -0.3 is 22.9 Å². The third kappa shape index (κ3) is 7.30. The molecule has 0 spiro atoms. The SMILES string of the molecule is CO[Si](CCCN=Cc1cccc(C2N[C@]3(/N=C/c4cc(C(C)(C)C)cc(C(C)(C)C)c4O)CCCC[C@H]23)c1O)(O[Si])O[Si]. The van der Waals surface area contributed by atoms with Crippen LogP contribution in [0.25, 0.3) is 0 Å². The van der Waals surface area contributed by atoms with E-state index in [1.807, 2.05) is 24.4 Å². The van der Waals surface area contributed by atoms with Crippen LogP contribution < -0.4 is 5.32 Å². The topological polar surface area (TPSA) is 105 Å². The molecule has 4 rings (SSSR count). The number of para-hydroxylation sites is 1. The normalized spacial score (nSPS) is 22.8. The molecule has 236 valence electrons. The van der Waals surface area contributed by atoms with Crippen molar-refractivity contribution < 1.29 is 22.9 Å². The molecule has 0 bridgehead atoms. The number of fused-ring (bicyclic) bond motifs is 1. The third-order valence-electron chi connectivity index (χ3n) is 9.05. The Morgan fingerprint density at radius 3 is 2.36 bits per heavy atom. The van der Waals surface area contributed by atoms with E-state index >= 15 is 0 Å². The smallest absolute Gasteiger partial charge is 0.479 e. The number of aromatic hydroxyl groups is 2. The van der Waals surface area contributed by atoms with E-state index in [0.29, 0.717) is 30.3 Å². The minimum absolute atomic E-state index is 0.0134. The van der Waals surface area contributed by atoms with Crippen LogP contribution in [-0.4, -0.2) is 71.7 Å². The highest BCUT2D eigenvalue weighted by Crippen LogP contribution is 2.53. The predicted octanol–water partition coefficient (Wildman–Crippen LogP) is 5.94. The van der Waals surface area contributed by atoms with Crippen molar-refractivity contribution in [1.29, 1.82) is 0 Å². The Hall–Kier alpha value is -2.13. The lowest BCUT2D eigenvalue weighted by atomic mass is 9.66. The van der Waals surface area contributed by atoms with Gasteiger partial charge in [0.2, 0.25) is 21.0 Å². The van der Waals surface area contributed by atoms with Gasteiger partial charge in [-0.05, 0) is 54.2 Å². The zero-order valence-corrected chi connectivity index (χ0v) is 30.2. The van der Waals surface area contributed by atoms with Gasteiger partial charge in [0.15, 0.2) is 0 Å². The summed E-state index contributed by atoms with van der Waals surface area (Å²) in [5, 5.41) is 26.3. The molecule has 1 saturated carbocycles. The molecule has 1 heterocycles. The van der Waals surface area contributed by atoms with Crippen molar-refractivity contribution in [1.82, 2.24) is 5.32 Å². The van der Waals surface area contributed by atoms with Crippen molar-refractivity contribution in [3.8, 4) is 11.5 Å². The zero-order chi connectivity index (χ0) is 32.3. The summed E-state index contributed by atoms with van der Waals surface area (Å²) in [6.45, 7) is 13.5. The summed E-state index contributed by atoms with van der Waals surface area (Å²) in [4.78, 5) is 9.70. The van der Waals surface area contributed by atoms with Crippen molar-refractivity contribution in [2.45, 2.75) is 102 Å². The molecule has 2 aromatic rings. The minimum Gasteiger partial charge on any atom is -0.507 e. The van der Waals surface area contributed by atoms with Gasteiger partial charge in [0.05, 0.1) is 0 Å². The largest absolute Gasteiger partial charge is 0.507 e. The second-order valence-electron chi connectivity index (χ2n) is 14.1. The number of hydrogen-bond acceptors (Lipinski definition) is 8. The van der Waals surface area contributed by atoms with Crippen LogP contribution >= 0.6 is 0 Å². The summed E-state index contributed by atoms with van der Waals surface area (Å²) in [6.07, 6.45) is 8.44. The van der Waals surface area contributed by atoms with E-state index in [9.17, 15) is 10.2 Å². The molecule has 1 unspecified atom stereocenters. The monoisotopic (exact) mass is 649 g/mol. The molecule has 2 aromatic carbocycles. The molecule has 1 saturated heterocycles. The van der Waals surface area contributed by atoms with E-state index in [-0.39, 0.29) is 28.5 Å². The average Bonchev–Trinajstić information content (AvgIpc) is 2.96. The number of phenols is 2. The van der Waals surface area contributed by atoms with Gasteiger partial charge in [0.1, 0.15) is 17.2 Å². The van der Waals surface area contributed by atoms with E-state index < -0.39 is 14.5 Å². The Balaban J connectivity index is 1.54. The first-order chi connectivity index (χ1) is 20.7. The summed E-state index contributed by atoms with van der Waals surface area (Å²) in [5.74, 6) is 0.781. The Bertz CT molecular complexity index is 1360. The lowest BCUT2D eigenvalue weighted by Gasteiger charge is -2.57. The van der Waals surface area contributed by atoms with Crippen LogP contribution in [0.5, 0.6) is 11.5 Å². The van der Waals surface area contributed by atoms with Gasteiger partial charge in [-0.25, -0.2) is 0 Å². The number of nitrogens with one attached hydrogen (secondary N) is 1. The summed E-state index contributed by atoms with van der Waals surface area (Å²) >= 11 is 0. The fraction of sp³-hybridized carbons (Fsp3) is 0.576. The summed E-state index contributed by atoms with van der Waals surface area (Å²) in [7, 11) is 4.87. The van der Waals surface area contributed by atoms with Crippen molar-refractivity contribution in [2.24, 2.45) is 15.9 Å². The first-order valence-electron chi connectivity index (χ1n) is 15.5. The molecule has 8 nitrogen and oxygen atoms in total. The number of benzene rings is 2. The molecule has 6 radical (unpaired) electrons. The van der Waals surface area contributed by atoms with Gasteiger partial charge in [-0.3, -0.25) is 15.3 Å². The van der Waals surface area contributed by atoms with Crippen LogP contribution in [0.3, 0.4) is 0 Å². The standard InChI is InChI=1S/C33H47N3O5Si3/c1-31(2,3)24-18-23(30(38)27(19-24)32(4,5)6)21-35-33-15-9-8-14-26(33)28(36-33)25-13-10-12-22(29(25)37)20-34-16-11-17-44(39-7,40-42)41-43/h10,12-13,18-21,26,28,36-38H,8-9,11,14-17H2,1-7H3/b34-20?,35-21+/t26-,28?,33-/m1/s1. The molecular formula is C33H47N3O5Si3. The van der Waals surface area contributed by atoms with Crippen LogP contribution in [0.4, 0.5) is 0 Å². The molecule has 0 amide bonds. The maximum atomic E-state index is 11.3. The van der Waals surface area contributed by atoms with Crippen molar-refractivity contribution >= 4 is 42.2 Å². The zero-order valence-electron chi connectivity index (χ0n) is 27.2. The highest BCUT2D eigenvalue weighted by molar-refractivity contribution is 6.66. The fourth-order valence-corrected chi connectivity index (χ4v) is 9.13. The number of aliphatic imine (C=N–C) groups is 2. The molecule has 44 heavy (non-hydrogen) atoms. The second-order valence-corrected chi connectivity index (χ2v) is 18.0. The average molecular weight is 650 g/mol. The Morgan fingerprint density at radius 2 is 1.73 bits per heavy atom. The van der Waals surface area contributed by atoms with E-state index in [2.05, 4.69) is 85.0 Å². The second kappa shape index (κ2) is 13.7. The van der Waals surface area contributed by atoms with E-state index in [1.165, 1.54) is 5.56 Å². The van der Waals surface area contributed by atoms with E-state index in [1.54, 1.807) is 13.3 Å². The summed E-state index contributed by atoms with van der Waals surface area (Å²) < 4.78 is 15.9. The highest BCUT2D eigenvalue weighted by atomic mass is 28.4. The molecule has 11 heteroatoms. The molecule has 2 aliphatic rings. The van der Waals surface area contributed by atoms with Crippen molar-refractivity contribution in [3.63, 3.8) is 0 Å². The van der Waals surface area contributed by atoms with Gasteiger partial charge in [0.25, 0.3) is 0 Å². The van der Waals surface area contributed by atoms with Crippen LogP contribution in [0.15, 0.2) is 40.3 Å². The summed E-state index contributed by atoms with van der Waals surface area (Å²) in [5.41, 5.74) is 3.72. The molecule has 3 N–H and O–H groups in total. The molecule has 1 aliphatic heterocycles. The van der Waals surface area contributed by atoms with Crippen LogP contribution in [0.2, 0.25) is 6.04 Å². The van der Waals surface area contributed by atoms with Crippen molar-refractivity contribution in [3.05, 3.63) is 58.1 Å². The van der Waals surface area contributed by atoms with E-state index in [4.69, 9.17) is 17.6 Å². The van der Waals surface area contributed by atoms with Crippen molar-refractivity contribution in [2.75, 3.05) is 13.7 Å². The predicted molar refractivity (Wildman–Crippen MR) is 180 cm³/mol. The van der Waals surface area contributed by atoms with E-state index in [0.717, 1.165) is 42.4 Å². The number of rotatable bonds is 11. The first-order valence-corrected chi connectivity index (χ1v) is 18.2. The minimum atomic E-state index is -2.79.